The average molecular weight is 380 g/mol. The van der Waals surface area contributed by atoms with Gasteiger partial charge in [0.1, 0.15) is 12.0 Å². The van der Waals surface area contributed by atoms with E-state index in [1.54, 1.807) is 11.0 Å². The molecule has 0 bridgehead atoms. The highest BCUT2D eigenvalue weighted by atomic mass is 15.3. The molecule has 0 amide bonds. The molecular weight excluding hydrogens is 360 g/mol. The molecule has 0 atom stereocenters. The van der Waals surface area contributed by atoms with Crippen LogP contribution in [0.1, 0.15) is 5.69 Å². The number of hydrogen-bond donors (Lipinski definition) is 0. The highest BCUT2D eigenvalue weighted by Gasteiger charge is 2.20. The molecule has 0 aliphatic rings. The van der Waals surface area contributed by atoms with Gasteiger partial charge in [0.05, 0.1) is 17.4 Å². The molecule has 0 aliphatic carbocycles. The molecule has 6 nitrogen and oxygen atoms in total. The topological polar surface area (TPSA) is 61.4 Å². The molecule has 3 aromatic heterocycles. The number of aryl methyl sites for hydroxylation is 2. The maximum Gasteiger partial charge on any atom is 0.116 e. The third kappa shape index (κ3) is 2.89. The summed E-state index contributed by atoms with van der Waals surface area (Å²) in [7, 11) is 3.89. The Morgan fingerprint density at radius 3 is 2.41 bits per heavy atom. The van der Waals surface area contributed by atoms with Gasteiger partial charge in [-0.2, -0.15) is 10.2 Å². The van der Waals surface area contributed by atoms with Gasteiger partial charge < -0.3 is 0 Å². The Bertz CT molecular complexity index is 1330. The molecule has 5 rings (SSSR count). The van der Waals surface area contributed by atoms with E-state index in [1.165, 1.54) is 0 Å². The third-order valence-corrected chi connectivity index (χ3v) is 5.29. The van der Waals surface area contributed by atoms with Gasteiger partial charge in [-0.25, -0.2) is 9.97 Å². The van der Waals surface area contributed by atoms with E-state index in [4.69, 9.17) is 5.10 Å². The fraction of sp³-hybridized carbons (Fsp3) is 0.130. The van der Waals surface area contributed by atoms with E-state index in [1.807, 2.05) is 49.4 Å². The van der Waals surface area contributed by atoms with Crippen LogP contribution in [0.3, 0.4) is 0 Å². The maximum atomic E-state index is 4.78. The van der Waals surface area contributed by atoms with Gasteiger partial charge in [-0.15, -0.1) is 0 Å². The molecule has 0 spiro atoms. The Labute approximate surface area is 168 Å². The molecule has 0 unspecified atom stereocenters. The van der Waals surface area contributed by atoms with Crippen molar-refractivity contribution >= 4 is 10.9 Å². The molecule has 2 aromatic carbocycles. The van der Waals surface area contributed by atoms with Crippen LogP contribution in [0.4, 0.5) is 0 Å². The van der Waals surface area contributed by atoms with Crippen molar-refractivity contribution in [2.24, 2.45) is 14.1 Å². The maximum absolute atomic E-state index is 4.78. The minimum Gasteiger partial charge on any atom is -0.275 e. The van der Waals surface area contributed by atoms with Gasteiger partial charge in [-0.3, -0.25) is 9.36 Å². The summed E-state index contributed by atoms with van der Waals surface area (Å²) in [6.07, 6.45) is 5.50. The molecule has 0 radical (unpaired) electrons. The summed E-state index contributed by atoms with van der Waals surface area (Å²) in [4.78, 5) is 9.20. The lowest BCUT2D eigenvalue weighted by Crippen LogP contribution is -1.94. The van der Waals surface area contributed by atoms with Crippen LogP contribution in [0.15, 0.2) is 67.3 Å². The number of benzene rings is 2. The highest BCUT2D eigenvalue weighted by Crippen LogP contribution is 2.36. The van der Waals surface area contributed by atoms with Crippen LogP contribution in [0, 0.1) is 6.92 Å². The second-order valence-corrected chi connectivity index (χ2v) is 7.16. The van der Waals surface area contributed by atoms with Crippen molar-refractivity contribution in [3.05, 3.63) is 72.9 Å². The predicted octanol–water partition coefficient (Wildman–Crippen LogP) is 4.41. The zero-order valence-corrected chi connectivity index (χ0v) is 16.5. The van der Waals surface area contributed by atoms with Crippen LogP contribution in [0.5, 0.6) is 0 Å². The Morgan fingerprint density at radius 1 is 0.828 bits per heavy atom. The Kier molecular flexibility index (Phi) is 3.98. The van der Waals surface area contributed by atoms with Gasteiger partial charge in [-0.05, 0) is 24.6 Å². The first-order chi connectivity index (χ1) is 14.1. The summed E-state index contributed by atoms with van der Waals surface area (Å²) in [5.74, 6) is 0. The summed E-state index contributed by atoms with van der Waals surface area (Å²) in [6.45, 7) is 2.08. The number of fused-ring (bicyclic) bond motifs is 1. The van der Waals surface area contributed by atoms with Crippen molar-refractivity contribution < 1.29 is 0 Å². The summed E-state index contributed by atoms with van der Waals surface area (Å²) in [5.41, 5.74) is 8.07. The van der Waals surface area contributed by atoms with Crippen LogP contribution in [-0.4, -0.2) is 29.5 Å². The van der Waals surface area contributed by atoms with E-state index in [-0.39, 0.29) is 0 Å². The van der Waals surface area contributed by atoms with E-state index < -0.39 is 0 Å². The summed E-state index contributed by atoms with van der Waals surface area (Å²) in [6, 6.07) is 16.5. The Hall–Kier alpha value is -3.80. The van der Waals surface area contributed by atoms with Crippen LogP contribution in [0.25, 0.3) is 44.5 Å². The normalized spacial score (nSPS) is 11.3. The van der Waals surface area contributed by atoms with E-state index in [2.05, 4.69) is 52.3 Å². The molecule has 29 heavy (non-hydrogen) atoms. The Balaban J connectivity index is 1.72. The zero-order valence-electron chi connectivity index (χ0n) is 16.5. The lowest BCUT2D eigenvalue weighted by atomic mass is 9.99. The molecule has 0 fully saturated rings. The van der Waals surface area contributed by atoms with Crippen LogP contribution in [-0.2, 0) is 14.1 Å². The van der Waals surface area contributed by atoms with Gasteiger partial charge in [0.15, 0.2) is 0 Å². The van der Waals surface area contributed by atoms with Crippen molar-refractivity contribution in [1.29, 1.82) is 0 Å². The van der Waals surface area contributed by atoms with Gasteiger partial charge in [0.25, 0.3) is 0 Å². The summed E-state index contributed by atoms with van der Waals surface area (Å²) >= 11 is 0. The summed E-state index contributed by atoms with van der Waals surface area (Å²) in [5, 5.41) is 10.1. The van der Waals surface area contributed by atoms with Crippen molar-refractivity contribution in [2.45, 2.75) is 6.92 Å². The highest BCUT2D eigenvalue weighted by molar-refractivity contribution is 5.98. The lowest BCUT2D eigenvalue weighted by molar-refractivity contribution is 0.743. The van der Waals surface area contributed by atoms with Gasteiger partial charge in [0.2, 0.25) is 0 Å². The molecule has 0 saturated heterocycles. The van der Waals surface area contributed by atoms with Crippen molar-refractivity contribution in [1.82, 2.24) is 29.5 Å². The van der Waals surface area contributed by atoms with E-state index >= 15 is 0 Å². The number of aromatic nitrogens is 6. The van der Waals surface area contributed by atoms with Crippen molar-refractivity contribution in [2.75, 3.05) is 0 Å². The average Bonchev–Trinajstić information content (AvgIpc) is 3.31. The zero-order chi connectivity index (χ0) is 20.0. The fourth-order valence-corrected chi connectivity index (χ4v) is 3.70. The standard InChI is InChI=1S/C23H20N6/c1-15-21(22(27-29(15)3)16-7-5-4-6-8-16)23-19-10-9-17(11-20(19)24-14-25-23)18-12-26-28(2)13-18/h4-14H,1-3H3. The minimum absolute atomic E-state index is 0.900. The number of rotatable bonds is 3. The number of nitrogens with zero attached hydrogens (tertiary/aromatic N) is 6. The van der Waals surface area contributed by atoms with Gasteiger partial charge in [-0.1, -0.05) is 36.4 Å². The second kappa shape index (κ2) is 6.67. The second-order valence-electron chi connectivity index (χ2n) is 7.16. The van der Waals surface area contributed by atoms with Crippen molar-refractivity contribution in [3.8, 4) is 33.6 Å². The number of hydrogen-bond acceptors (Lipinski definition) is 4. The largest absolute Gasteiger partial charge is 0.275 e. The lowest BCUT2D eigenvalue weighted by Gasteiger charge is -2.08. The molecule has 0 N–H and O–H groups in total. The molecule has 3 heterocycles. The molecule has 0 saturated carbocycles. The first kappa shape index (κ1) is 17.3. The van der Waals surface area contributed by atoms with Crippen LogP contribution in [0.2, 0.25) is 0 Å². The quantitative estimate of drug-likeness (QED) is 0.465. The van der Waals surface area contributed by atoms with Gasteiger partial charge in [0, 0.05) is 48.1 Å². The van der Waals surface area contributed by atoms with Crippen LogP contribution < -0.4 is 0 Å². The smallest absolute Gasteiger partial charge is 0.116 e. The molecule has 6 heteroatoms. The van der Waals surface area contributed by atoms with Crippen molar-refractivity contribution in [3.63, 3.8) is 0 Å². The van der Waals surface area contributed by atoms with Crippen LogP contribution >= 0.6 is 0 Å². The van der Waals surface area contributed by atoms with E-state index in [0.717, 1.165) is 50.2 Å². The predicted molar refractivity (Wildman–Crippen MR) is 114 cm³/mol. The monoisotopic (exact) mass is 380 g/mol. The first-order valence-corrected chi connectivity index (χ1v) is 9.45. The molecule has 142 valence electrons. The van der Waals surface area contributed by atoms with E-state index in [0.29, 0.717) is 0 Å². The van der Waals surface area contributed by atoms with Gasteiger partial charge >= 0.3 is 0 Å². The molecular formula is C23H20N6. The molecule has 5 aromatic rings. The molecule has 0 aliphatic heterocycles. The Morgan fingerprint density at radius 2 is 1.66 bits per heavy atom. The summed E-state index contributed by atoms with van der Waals surface area (Å²) < 4.78 is 3.71. The first-order valence-electron chi connectivity index (χ1n) is 9.45. The van der Waals surface area contributed by atoms with E-state index in [9.17, 15) is 0 Å². The minimum atomic E-state index is 0.900. The third-order valence-electron chi connectivity index (χ3n) is 5.29. The SMILES string of the molecule is Cc1c(-c2ncnc3cc(-c4cnn(C)c4)ccc23)c(-c2ccccc2)nn1C. The fourth-order valence-electron chi connectivity index (χ4n) is 3.70.